The number of carbonyl (C=O) groups excluding carboxylic acids is 1. The Morgan fingerprint density at radius 3 is 2.63 bits per heavy atom. The molecule has 27 heavy (non-hydrogen) atoms. The highest BCUT2D eigenvalue weighted by atomic mass is 35.5. The van der Waals surface area contributed by atoms with Crippen molar-refractivity contribution in [2.24, 2.45) is 5.10 Å². The average Bonchev–Trinajstić information content (AvgIpc) is 2.66. The van der Waals surface area contributed by atoms with Gasteiger partial charge in [0.05, 0.1) is 16.9 Å². The molecule has 0 fully saturated rings. The maximum atomic E-state index is 12.1. The van der Waals surface area contributed by atoms with Gasteiger partial charge in [-0.1, -0.05) is 23.7 Å². The van der Waals surface area contributed by atoms with E-state index in [4.69, 9.17) is 11.6 Å². The summed E-state index contributed by atoms with van der Waals surface area (Å²) in [5, 5.41) is 14.2. The summed E-state index contributed by atoms with van der Waals surface area (Å²) in [5.74, 6) is -1.21. The topological polar surface area (TPSA) is 129 Å². The Bertz CT molecular complexity index is 1140. The summed E-state index contributed by atoms with van der Waals surface area (Å²) in [5.41, 5.74) is 0.620. The lowest BCUT2D eigenvalue weighted by molar-refractivity contribution is 0.0955. The zero-order valence-corrected chi connectivity index (χ0v) is 14.3. The number of aromatic nitrogens is 3. The number of benzene rings is 1. The molecule has 10 heteroatoms. The standard InChI is InChI=1S/C17H12ClN5O4/c18-12-3-1-2-4-13(12)23-16(26)11(15(25)21-17(23)27)9-20-22-14(24)10-5-7-19-8-6-10/h1-9,26H,(H,22,24)(H,21,25,27)/b20-9+. The van der Waals surface area contributed by atoms with E-state index in [2.05, 4.69) is 20.5 Å². The molecule has 0 aliphatic rings. The van der Waals surface area contributed by atoms with Crippen molar-refractivity contribution in [2.75, 3.05) is 0 Å². The Morgan fingerprint density at radius 2 is 1.93 bits per heavy atom. The van der Waals surface area contributed by atoms with Crippen LogP contribution in [-0.4, -0.2) is 31.8 Å². The van der Waals surface area contributed by atoms with Crippen molar-refractivity contribution in [3.8, 4) is 11.6 Å². The van der Waals surface area contributed by atoms with E-state index in [1.54, 1.807) is 12.1 Å². The molecule has 3 rings (SSSR count). The van der Waals surface area contributed by atoms with Gasteiger partial charge >= 0.3 is 5.69 Å². The van der Waals surface area contributed by atoms with Crippen LogP contribution in [0.15, 0.2) is 63.5 Å². The quantitative estimate of drug-likeness (QED) is 0.456. The molecule has 9 nitrogen and oxygen atoms in total. The first-order chi connectivity index (χ1) is 13.0. The molecule has 0 spiro atoms. The van der Waals surface area contributed by atoms with Crippen LogP contribution in [0, 0.1) is 0 Å². The number of H-pyrrole nitrogens is 1. The summed E-state index contributed by atoms with van der Waals surface area (Å²) in [7, 11) is 0. The Hall–Kier alpha value is -3.72. The Morgan fingerprint density at radius 1 is 1.22 bits per heavy atom. The van der Waals surface area contributed by atoms with Crippen LogP contribution >= 0.6 is 11.6 Å². The van der Waals surface area contributed by atoms with Crippen molar-refractivity contribution >= 4 is 23.7 Å². The minimum atomic E-state index is -0.872. The number of hydrogen-bond donors (Lipinski definition) is 3. The molecule has 0 atom stereocenters. The van der Waals surface area contributed by atoms with E-state index in [-0.39, 0.29) is 16.3 Å². The number of nitrogens with one attached hydrogen (secondary N) is 2. The van der Waals surface area contributed by atoms with Gasteiger partial charge in [0.2, 0.25) is 5.88 Å². The minimum Gasteiger partial charge on any atom is -0.493 e. The molecule has 0 radical (unpaired) electrons. The number of aromatic amines is 1. The fourth-order valence-electron chi connectivity index (χ4n) is 2.23. The van der Waals surface area contributed by atoms with Gasteiger partial charge in [-0.3, -0.25) is 19.6 Å². The van der Waals surface area contributed by atoms with E-state index in [1.807, 2.05) is 0 Å². The first kappa shape index (κ1) is 18.1. The fraction of sp³-hybridized carbons (Fsp3) is 0. The maximum Gasteiger partial charge on any atom is 0.335 e. The summed E-state index contributed by atoms with van der Waals surface area (Å²) in [6.45, 7) is 0. The molecule has 0 saturated heterocycles. The van der Waals surface area contributed by atoms with Gasteiger partial charge in [0, 0.05) is 18.0 Å². The van der Waals surface area contributed by atoms with Crippen LogP contribution < -0.4 is 16.7 Å². The molecule has 0 bridgehead atoms. The van der Waals surface area contributed by atoms with Crippen LogP contribution in [-0.2, 0) is 0 Å². The molecule has 1 amide bonds. The van der Waals surface area contributed by atoms with Gasteiger partial charge in [0.25, 0.3) is 11.5 Å². The van der Waals surface area contributed by atoms with E-state index < -0.39 is 23.0 Å². The second-order valence-corrected chi connectivity index (χ2v) is 5.63. The number of nitrogens with zero attached hydrogens (tertiary/aromatic N) is 3. The lowest BCUT2D eigenvalue weighted by atomic mass is 10.2. The molecule has 3 aromatic rings. The van der Waals surface area contributed by atoms with Crippen molar-refractivity contribution in [1.29, 1.82) is 0 Å². The van der Waals surface area contributed by atoms with E-state index >= 15 is 0 Å². The Balaban J connectivity index is 1.96. The molecule has 136 valence electrons. The molecule has 3 N–H and O–H groups in total. The van der Waals surface area contributed by atoms with Crippen molar-refractivity contribution in [3.63, 3.8) is 0 Å². The molecular weight excluding hydrogens is 374 g/mol. The molecule has 0 aliphatic heterocycles. The van der Waals surface area contributed by atoms with Crippen LogP contribution in [0.1, 0.15) is 15.9 Å². The first-order valence-corrected chi connectivity index (χ1v) is 7.93. The van der Waals surface area contributed by atoms with Crippen LogP contribution in [0.3, 0.4) is 0 Å². The third kappa shape index (κ3) is 3.77. The summed E-state index contributed by atoms with van der Waals surface area (Å²) in [6, 6.07) is 9.24. The maximum absolute atomic E-state index is 12.1. The Kier molecular flexibility index (Phi) is 5.13. The number of halogens is 1. The Labute approximate surface area is 156 Å². The number of para-hydroxylation sites is 1. The molecule has 0 unspecified atom stereocenters. The smallest absolute Gasteiger partial charge is 0.335 e. The summed E-state index contributed by atoms with van der Waals surface area (Å²) in [4.78, 5) is 41.9. The van der Waals surface area contributed by atoms with Gasteiger partial charge in [0.1, 0.15) is 5.56 Å². The predicted molar refractivity (Wildman–Crippen MR) is 98.6 cm³/mol. The normalized spacial score (nSPS) is 10.9. The van der Waals surface area contributed by atoms with Gasteiger partial charge in [-0.15, -0.1) is 0 Å². The predicted octanol–water partition coefficient (Wildman–Crippen LogP) is 1.04. The second kappa shape index (κ2) is 7.67. The van der Waals surface area contributed by atoms with Gasteiger partial charge in [-0.25, -0.2) is 14.8 Å². The van der Waals surface area contributed by atoms with Crippen LogP contribution in [0.2, 0.25) is 5.02 Å². The van der Waals surface area contributed by atoms with E-state index in [0.29, 0.717) is 5.56 Å². The molecule has 2 heterocycles. The third-order valence-electron chi connectivity index (χ3n) is 3.52. The van der Waals surface area contributed by atoms with Crippen LogP contribution in [0.25, 0.3) is 5.69 Å². The van der Waals surface area contributed by atoms with Crippen molar-refractivity contribution in [2.45, 2.75) is 0 Å². The molecule has 2 aromatic heterocycles. The number of hydrogen-bond acceptors (Lipinski definition) is 6. The fourth-order valence-corrected chi connectivity index (χ4v) is 2.46. The van der Waals surface area contributed by atoms with Gasteiger partial charge in [0.15, 0.2) is 0 Å². The zero-order valence-electron chi connectivity index (χ0n) is 13.6. The van der Waals surface area contributed by atoms with Crippen molar-refractivity contribution < 1.29 is 9.90 Å². The lowest BCUT2D eigenvalue weighted by Gasteiger charge is -2.10. The third-order valence-corrected chi connectivity index (χ3v) is 3.84. The van der Waals surface area contributed by atoms with E-state index in [1.165, 1.54) is 36.7 Å². The van der Waals surface area contributed by atoms with Crippen molar-refractivity contribution in [1.82, 2.24) is 20.0 Å². The SMILES string of the molecule is O=C(N/N=C/c1c(O)n(-c2ccccc2Cl)c(=O)[nH]c1=O)c1ccncc1. The lowest BCUT2D eigenvalue weighted by Crippen LogP contribution is -2.31. The number of aromatic hydroxyl groups is 1. The number of carbonyl (C=O) groups is 1. The van der Waals surface area contributed by atoms with Gasteiger partial charge in [-0.2, -0.15) is 5.10 Å². The minimum absolute atomic E-state index is 0.174. The van der Waals surface area contributed by atoms with Gasteiger partial charge in [-0.05, 0) is 24.3 Å². The number of amides is 1. The monoisotopic (exact) mass is 385 g/mol. The summed E-state index contributed by atoms with van der Waals surface area (Å²) >= 11 is 6.05. The van der Waals surface area contributed by atoms with Crippen LogP contribution in [0.4, 0.5) is 0 Å². The summed E-state index contributed by atoms with van der Waals surface area (Å²) in [6.07, 6.45) is 3.81. The molecule has 0 aliphatic carbocycles. The van der Waals surface area contributed by atoms with Crippen molar-refractivity contribution in [3.05, 3.63) is 85.8 Å². The molecule has 0 saturated carbocycles. The average molecular weight is 386 g/mol. The van der Waals surface area contributed by atoms with Crippen LogP contribution in [0.5, 0.6) is 5.88 Å². The highest BCUT2D eigenvalue weighted by molar-refractivity contribution is 6.32. The summed E-state index contributed by atoms with van der Waals surface area (Å²) < 4.78 is 0.829. The highest BCUT2D eigenvalue weighted by Crippen LogP contribution is 2.22. The second-order valence-electron chi connectivity index (χ2n) is 5.22. The zero-order chi connectivity index (χ0) is 19.4. The van der Waals surface area contributed by atoms with E-state index in [0.717, 1.165) is 10.8 Å². The van der Waals surface area contributed by atoms with Gasteiger partial charge < -0.3 is 5.11 Å². The molecular formula is C17H12ClN5O4. The number of hydrazone groups is 1. The van der Waals surface area contributed by atoms with E-state index in [9.17, 15) is 19.5 Å². The largest absolute Gasteiger partial charge is 0.493 e. The first-order valence-electron chi connectivity index (χ1n) is 7.55. The number of rotatable bonds is 4. The highest BCUT2D eigenvalue weighted by Gasteiger charge is 2.16. The molecule has 1 aromatic carbocycles. The number of pyridine rings is 1.